The third-order valence-electron chi connectivity index (χ3n) is 10.2. The van der Waals surface area contributed by atoms with E-state index in [0.29, 0.717) is 47.6 Å². The molecule has 1 N–H and O–H groups in total. The number of nitrogens with zero attached hydrogens (tertiary/aromatic N) is 3. The number of nitrogens with one attached hydrogen (secondary N) is 1. The molecule has 6 rings (SSSR count). The van der Waals surface area contributed by atoms with E-state index in [9.17, 15) is 14.4 Å². The number of benzene rings is 1. The number of carbonyl (C=O) groups is 2. The fourth-order valence-corrected chi connectivity index (χ4v) is 6.98. The van der Waals surface area contributed by atoms with Crippen molar-refractivity contribution in [1.29, 1.82) is 0 Å². The Balaban J connectivity index is 1.17. The summed E-state index contributed by atoms with van der Waals surface area (Å²) in [5.74, 6) is 2.86. The number of ether oxygens (including phenoxy) is 1. The highest BCUT2D eigenvalue weighted by atomic mass is 16.5. The van der Waals surface area contributed by atoms with Gasteiger partial charge >= 0.3 is 0 Å². The molecule has 2 atom stereocenters. The Morgan fingerprint density at radius 2 is 1.98 bits per heavy atom. The number of likely N-dealkylation sites (tertiary alicyclic amines) is 1. The Kier molecular flexibility index (Phi) is 8.94. The van der Waals surface area contributed by atoms with Gasteiger partial charge in [0.1, 0.15) is 17.6 Å². The van der Waals surface area contributed by atoms with Crippen LogP contribution in [0.25, 0.3) is 22.1 Å². The summed E-state index contributed by atoms with van der Waals surface area (Å²) in [6.45, 7) is 5.33. The van der Waals surface area contributed by atoms with Gasteiger partial charge < -0.3 is 23.9 Å². The van der Waals surface area contributed by atoms with Gasteiger partial charge in [-0.1, -0.05) is 19.8 Å². The second-order valence-electron chi connectivity index (χ2n) is 13.4. The molecule has 0 radical (unpaired) electrons. The first-order valence-electron chi connectivity index (χ1n) is 16.5. The van der Waals surface area contributed by atoms with Crippen molar-refractivity contribution in [1.82, 2.24) is 19.8 Å². The highest BCUT2D eigenvalue weighted by Crippen LogP contribution is 2.59. The summed E-state index contributed by atoms with van der Waals surface area (Å²) in [6.07, 6.45) is 13.8. The number of hydrogen-bond donors (Lipinski definition) is 1. The molecule has 2 aromatic heterocycles. The van der Waals surface area contributed by atoms with E-state index in [1.807, 2.05) is 19.1 Å². The predicted octanol–water partition coefficient (Wildman–Crippen LogP) is 5.80. The van der Waals surface area contributed by atoms with Crippen LogP contribution in [0.2, 0.25) is 0 Å². The van der Waals surface area contributed by atoms with Gasteiger partial charge in [-0.25, -0.2) is 4.98 Å². The summed E-state index contributed by atoms with van der Waals surface area (Å²) in [4.78, 5) is 45.3. The molecule has 3 heterocycles. The molecule has 1 spiro atoms. The van der Waals surface area contributed by atoms with Crippen molar-refractivity contribution >= 4 is 22.5 Å². The second kappa shape index (κ2) is 12.9. The lowest BCUT2D eigenvalue weighted by Crippen LogP contribution is -2.38. The zero-order chi connectivity index (χ0) is 30.8. The number of ketones is 1. The van der Waals surface area contributed by atoms with Crippen LogP contribution in [0.4, 0.5) is 0 Å². The topological polar surface area (TPSA) is 107 Å². The summed E-state index contributed by atoms with van der Waals surface area (Å²) in [5.41, 5.74) is 0.752. The van der Waals surface area contributed by atoms with Crippen LogP contribution in [0.5, 0.6) is 5.75 Å². The number of Topliss-reactive ketones (excluding diaryl/α,β-unsaturated/α-hetero) is 1. The van der Waals surface area contributed by atoms with Crippen LogP contribution in [0.15, 0.2) is 39.8 Å². The smallest absolute Gasteiger partial charge is 0.258 e. The van der Waals surface area contributed by atoms with Crippen molar-refractivity contribution < 1.29 is 18.7 Å². The van der Waals surface area contributed by atoms with Gasteiger partial charge in [0.25, 0.3) is 5.56 Å². The zero-order valence-electron chi connectivity index (χ0n) is 26.4. The highest BCUT2D eigenvalue weighted by Gasteiger charge is 2.58. The number of unbranched alkanes of at least 4 members (excludes halogenated alkanes) is 2. The lowest BCUT2D eigenvalue weighted by atomic mass is 9.90. The molecular weight excluding hydrogens is 556 g/mol. The van der Waals surface area contributed by atoms with Crippen molar-refractivity contribution in [3.63, 3.8) is 0 Å². The van der Waals surface area contributed by atoms with Crippen molar-refractivity contribution in [2.45, 2.75) is 83.6 Å². The van der Waals surface area contributed by atoms with Gasteiger partial charge in [0.15, 0.2) is 5.76 Å². The van der Waals surface area contributed by atoms with Crippen LogP contribution < -0.4 is 15.6 Å². The molecule has 9 nitrogen and oxygen atoms in total. The lowest BCUT2D eigenvalue weighted by molar-refractivity contribution is -0.124. The normalized spacial score (nSPS) is 20.1. The monoisotopic (exact) mass is 602 g/mol. The van der Waals surface area contributed by atoms with Gasteiger partial charge in [-0.05, 0) is 93.0 Å². The molecule has 2 saturated carbocycles. The number of aryl methyl sites for hydroxylation is 1. The van der Waals surface area contributed by atoms with E-state index in [1.165, 1.54) is 19.4 Å². The first-order chi connectivity index (χ1) is 21.3. The zero-order valence-corrected chi connectivity index (χ0v) is 26.4. The molecule has 3 aliphatic rings. The van der Waals surface area contributed by atoms with Crippen molar-refractivity contribution in [2.75, 3.05) is 26.7 Å². The molecular formula is C35H46N4O5. The molecule has 0 unspecified atom stereocenters. The maximum absolute atomic E-state index is 13.6. The third-order valence-corrected chi connectivity index (χ3v) is 10.2. The maximum atomic E-state index is 13.6. The molecule has 44 heavy (non-hydrogen) atoms. The predicted molar refractivity (Wildman–Crippen MR) is 169 cm³/mol. The average molecular weight is 603 g/mol. The number of amides is 1. The SMILES string of the molecule is CCC(=O)CCCCC[C@H](NC(=O)[C@H]1CC12CCN(CC1CC1)CC2)c1ncc(-c2cc3ccn(C)c(=O)c3cc2OC)o1. The number of fused-ring (bicyclic) bond motifs is 1. The first kappa shape index (κ1) is 30.6. The fraction of sp³-hybridized carbons (Fsp3) is 0.600. The third kappa shape index (κ3) is 6.63. The molecule has 3 aromatic rings. The van der Waals surface area contributed by atoms with E-state index in [-0.39, 0.29) is 34.6 Å². The van der Waals surface area contributed by atoms with Crippen LogP contribution >= 0.6 is 0 Å². The first-order valence-corrected chi connectivity index (χ1v) is 16.5. The molecule has 9 heteroatoms. The maximum Gasteiger partial charge on any atom is 0.258 e. The number of rotatable bonds is 14. The molecule has 1 amide bonds. The standard InChI is InChI=1S/C35H46N4O5/c1-4-25(40)8-6-5-7-9-29(37-32(41)28-20-35(28)13-16-39(17-14-35)22-23-10-11-23)33-36-21-31(44-33)27-18-24-12-15-38(2)34(42)26(24)19-30(27)43-3/h12,15,18-19,21,23,28-29H,4-11,13-14,16-17,20,22H2,1-3H3,(H,37,41)/t28-,29+/m1/s1. The Morgan fingerprint density at radius 1 is 1.18 bits per heavy atom. The summed E-state index contributed by atoms with van der Waals surface area (Å²) >= 11 is 0. The molecule has 1 aliphatic heterocycles. The number of piperidine rings is 1. The van der Waals surface area contributed by atoms with Gasteiger partial charge in [-0.15, -0.1) is 0 Å². The fourth-order valence-electron chi connectivity index (χ4n) is 6.98. The Morgan fingerprint density at radius 3 is 2.70 bits per heavy atom. The molecule has 3 fully saturated rings. The number of oxazole rings is 1. The van der Waals surface area contributed by atoms with Gasteiger partial charge in [0, 0.05) is 38.5 Å². The summed E-state index contributed by atoms with van der Waals surface area (Å²) in [7, 11) is 3.30. The highest BCUT2D eigenvalue weighted by molar-refractivity contribution is 5.89. The summed E-state index contributed by atoms with van der Waals surface area (Å²) in [5, 5.41) is 4.67. The van der Waals surface area contributed by atoms with Crippen LogP contribution in [-0.4, -0.2) is 52.9 Å². The van der Waals surface area contributed by atoms with Gasteiger partial charge in [0.2, 0.25) is 11.8 Å². The number of aromatic nitrogens is 2. The van der Waals surface area contributed by atoms with E-state index in [1.54, 1.807) is 37.2 Å². The summed E-state index contributed by atoms with van der Waals surface area (Å²) in [6, 6.07) is 5.17. The summed E-state index contributed by atoms with van der Waals surface area (Å²) < 4.78 is 13.5. The van der Waals surface area contributed by atoms with Gasteiger partial charge in [-0.3, -0.25) is 14.4 Å². The lowest BCUT2D eigenvalue weighted by Gasteiger charge is -2.33. The largest absolute Gasteiger partial charge is 0.496 e. The number of pyridine rings is 1. The van der Waals surface area contributed by atoms with E-state index in [2.05, 4.69) is 15.2 Å². The van der Waals surface area contributed by atoms with Crippen molar-refractivity contribution in [3.8, 4) is 17.1 Å². The molecule has 2 aliphatic carbocycles. The quantitative estimate of drug-likeness (QED) is 0.232. The molecule has 1 aromatic carbocycles. The van der Waals surface area contributed by atoms with Gasteiger partial charge in [-0.2, -0.15) is 0 Å². The van der Waals surface area contributed by atoms with Crippen LogP contribution in [0.3, 0.4) is 0 Å². The number of hydrogen-bond acceptors (Lipinski definition) is 7. The van der Waals surface area contributed by atoms with E-state index >= 15 is 0 Å². The molecule has 0 bridgehead atoms. The van der Waals surface area contributed by atoms with Crippen LogP contribution in [0, 0.1) is 17.3 Å². The average Bonchev–Trinajstić information content (AvgIpc) is 3.94. The van der Waals surface area contributed by atoms with Gasteiger partial charge in [0.05, 0.1) is 24.3 Å². The van der Waals surface area contributed by atoms with E-state index in [0.717, 1.165) is 62.9 Å². The minimum absolute atomic E-state index is 0.0490. The van der Waals surface area contributed by atoms with E-state index in [4.69, 9.17) is 9.15 Å². The minimum atomic E-state index is -0.357. The molecule has 1 saturated heterocycles. The Hall–Kier alpha value is -3.46. The van der Waals surface area contributed by atoms with Crippen LogP contribution in [0.1, 0.15) is 89.5 Å². The van der Waals surface area contributed by atoms with Crippen molar-refractivity contribution in [3.05, 3.63) is 46.8 Å². The van der Waals surface area contributed by atoms with E-state index < -0.39 is 0 Å². The Labute approximate surface area is 259 Å². The number of methoxy groups -OCH3 is 1. The second-order valence-corrected chi connectivity index (χ2v) is 13.4. The van der Waals surface area contributed by atoms with Crippen molar-refractivity contribution in [2.24, 2.45) is 24.3 Å². The number of carbonyl (C=O) groups excluding carboxylic acids is 2. The Bertz CT molecular complexity index is 1560. The van der Waals surface area contributed by atoms with Crippen LogP contribution in [-0.2, 0) is 16.6 Å². The minimum Gasteiger partial charge on any atom is -0.496 e. The molecule has 236 valence electrons.